The summed E-state index contributed by atoms with van der Waals surface area (Å²) in [5.74, 6) is 7.16. The summed E-state index contributed by atoms with van der Waals surface area (Å²) in [6, 6.07) is 0. The monoisotopic (exact) mass is 897 g/mol. The van der Waals surface area contributed by atoms with Crippen LogP contribution in [-0.4, -0.2) is 91.6 Å². The van der Waals surface area contributed by atoms with Gasteiger partial charge in [-0.3, -0.25) is 0 Å². The van der Waals surface area contributed by atoms with Crippen molar-refractivity contribution in [2.45, 2.75) is 213 Å². The minimum absolute atomic E-state index is 0. The summed E-state index contributed by atoms with van der Waals surface area (Å²) in [7, 11) is 0. The molecule has 13 fully saturated rings. The molecule has 9 nitrogen and oxygen atoms in total. The number of hydrogen-bond donors (Lipinski definition) is 2. The van der Waals surface area contributed by atoms with Gasteiger partial charge in [-0.05, 0) is 204 Å². The van der Waals surface area contributed by atoms with E-state index < -0.39 is 0 Å². The molecule has 9 saturated carbocycles. The highest BCUT2D eigenvalue weighted by Gasteiger charge is 2.79. The van der Waals surface area contributed by atoms with Crippen LogP contribution in [0.2, 0.25) is 0 Å². The lowest BCUT2D eigenvalue weighted by Crippen LogP contribution is -2.71. The fourth-order valence-electron chi connectivity index (χ4n) is 20.6. The van der Waals surface area contributed by atoms with E-state index in [1.807, 2.05) is 13.8 Å². The van der Waals surface area contributed by atoms with Gasteiger partial charge in [0.1, 0.15) is 0 Å². The van der Waals surface area contributed by atoms with Crippen LogP contribution in [0, 0.1) is 86.8 Å². The van der Waals surface area contributed by atoms with Gasteiger partial charge < -0.3 is 43.4 Å². The smallest absolute Gasteiger partial charge is 0.168 e. The summed E-state index contributed by atoms with van der Waals surface area (Å²) < 4.78 is 41.2. The van der Waals surface area contributed by atoms with Crippen molar-refractivity contribution in [1.82, 2.24) is 0 Å². The average molecular weight is 897 g/mol. The van der Waals surface area contributed by atoms with Gasteiger partial charge in [0.25, 0.3) is 0 Å². The highest BCUT2D eigenvalue weighted by molar-refractivity contribution is 5.27. The Morgan fingerprint density at radius 3 is 1.67 bits per heavy atom. The second-order valence-corrected chi connectivity index (χ2v) is 25.4. The summed E-state index contributed by atoms with van der Waals surface area (Å²) in [4.78, 5) is 0. The van der Waals surface area contributed by atoms with E-state index in [0.717, 1.165) is 127 Å². The van der Waals surface area contributed by atoms with Crippen LogP contribution in [0.15, 0.2) is 0 Å². The highest BCUT2D eigenvalue weighted by Crippen LogP contribution is 2.80. The Hall–Kier alpha value is -0.360. The number of aliphatic hydroxyl groups excluding tert-OH is 2. The summed E-state index contributed by atoms with van der Waals surface area (Å²) >= 11 is 0. The maximum Gasteiger partial charge on any atom is 0.168 e. The van der Waals surface area contributed by atoms with Crippen LogP contribution in [-0.2, 0) is 33.2 Å². The molecule has 0 radical (unpaired) electrons. The molecule has 366 valence electrons. The van der Waals surface area contributed by atoms with E-state index in [1.165, 1.54) is 77.0 Å². The Morgan fingerprint density at radius 2 is 1.06 bits per heavy atom. The molecular formula is C55H92O9. The molecule has 4 saturated heterocycles. The van der Waals surface area contributed by atoms with Gasteiger partial charge >= 0.3 is 0 Å². The molecule has 3 spiro atoms. The minimum atomic E-state index is -0.298. The van der Waals surface area contributed by atoms with Crippen molar-refractivity contribution in [2.75, 3.05) is 46.2 Å². The van der Waals surface area contributed by atoms with Gasteiger partial charge in [0.2, 0.25) is 0 Å². The Bertz CT molecular complexity index is 1660. The molecule has 13 aliphatic rings. The average Bonchev–Trinajstić information content (AvgIpc) is 4.13. The molecule has 18 atom stereocenters. The third-order valence-electron chi connectivity index (χ3n) is 23.5. The number of rotatable bonds is 2. The number of hydrogen-bond acceptors (Lipinski definition) is 9. The van der Waals surface area contributed by atoms with Crippen molar-refractivity contribution < 1.29 is 43.4 Å². The Kier molecular flexibility index (Phi) is 12.3. The number of ether oxygens (including phenoxy) is 7. The van der Waals surface area contributed by atoms with E-state index in [4.69, 9.17) is 33.2 Å². The first-order valence-corrected chi connectivity index (χ1v) is 26.9. The van der Waals surface area contributed by atoms with Crippen LogP contribution < -0.4 is 0 Å². The largest absolute Gasteiger partial charge is 0.393 e. The van der Waals surface area contributed by atoms with E-state index in [2.05, 4.69) is 34.6 Å². The second-order valence-electron chi connectivity index (χ2n) is 25.4. The molecule has 9 heteroatoms. The summed E-state index contributed by atoms with van der Waals surface area (Å²) in [5, 5.41) is 22.1. The molecule has 64 heavy (non-hydrogen) atoms. The topological polar surface area (TPSA) is 105 Å². The van der Waals surface area contributed by atoms with Crippen LogP contribution in [0.1, 0.15) is 178 Å². The first-order chi connectivity index (χ1) is 30.1. The lowest BCUT2D eigenvalue weighted by atomic mass is 9.35. The van der Waals surface area contributed by atoms with Gasteiger partial charge in [-0.15, -0.1) is 0 Å². The first-order valence-electron chi connectivity index (χ1n) is 26.9. The normalized spacial score (nSPS) is 53.2. The van der Waals surface area contributed by atoms with Crippen molar-refractivity contribution in [3.63, 3.8) is 0 Å². The molecule has 18 unspecified atom stereocenters. The lowest BCUT2D eigenvalue weighted by molar-refractivity contribution is -0.286. The zero-order valence-electron chi connectivity index (χ0n) is 40.6. The summed E-state index contributed by atoms with van der Waals surface area (Å²) in [6.45, 7) is 21.6. The van der Waals surface area contributed by atoms with E-state index in [0.29, 0.717) is 45.8 Å². The van der Waals surface area contributed by atoms with Crippen molar-refractivity contribution >= 4 is 0 Å². The summed E-state index contributed by atoms with van der Waals surface area (Å²) in [6.07, 6.45) is 23.0. The molecule has 0 amide bonds. The van der Waals surface area contributed by atoms with E-state index in [9.17, 15) is 10.2 Å². The third kappa shape index (κ3) is 6.87. The van der Waals surface area contributed by atoms with Crippen molar-refractivity contribution in [1.29, 1.82) is 0 Å². The van der Waals surface area contributed by atoms with Crippen LogP contribution >= 0.6 is 0 Å². The van der Waals surface area contributed by atoms with Gasteiger partial charge in [0, 0.05) is 32.3 Å². The molecule has 0 aromatic carbocycles. The molecule has 0 aromatic rings. The fourth-order valence-corrected chi connectivity index (χ4v) is 20.6. The molecule has 13 rings (SSSR count). The molecule has 0 bridgehead atoms. The lowest BCUT2D eigenvalue weighted by Gasteiger charge is -2.70. The Balaban J connectivity index is 0.000000128. The van der Waals surface area contributed by atoms with Crippen LogP contribution in [0.25, 0.3) is 0 Å². The van der Waals surface area contributed by atoms with E-state index >= 15 is 0 Å². The number of fused-ring (bicyclic) bond motifs is 11. The van der Waals surface area contributed by atoms with Crippen LogP contribution in [0.5, 0.6) is 0 Å². The highest BCUT2D eigenvalue weighted by atomic mass is 16.7. The van der Waals surface area contributed by atoms with E-state index in [1.54, 1.807) is 0 Å². The predicted molar refractivity (Wildman–Crippen MR) is 247 cm³/mol. The predicted octanol–water partition coefficient (Wildman–Crippen LogP) is 10.7. The van der Waals surface area contributed by atoms with E-state index in [-0.39, 0.29) is 48.0 Å². The fraction of sp³-hybridized carbons (Fsp3) is 1.00. The van der Waals surface area contributed by atoms with Gasteiger partial charge in [-0.25, -0.2) is 0 Å². The van der Waals surface area contributed by atoms with Gasteiger partial charge in [-0.1, -0.05) is 35.1 Å². The molecular weight excluding hydrogens is 805 g/mol. The molecule has 9 aliphatic carbocycles. The Morgan fingerprint density at radius 1 is 0.516 bits per heavy atom. The zero-order chi connectivity index (χ0) is 43.8. The maximum atomic E-state index is 11.7. The van der Waals surface area contributed by atoms with Crippen molar-refractivity contribution in [3.8, 4) is 0 Å². The van der Waals surface area contributed by atoms with Gasteiger partial charge in [0.15, 0.2) is 17.4 Å². The van der Waals surface area contributed by atoms with Crippen molar-refractivity contribution in [2.24, 2.45) is 86.8 Å². The standard InChI is InChI=1S/C25H38O4.C23H38O3.C6H12O2.CH4/c1-22-8-9-24(28-11-12-29-24)13-15(22)3-4-16-17-5-6-19-23(2)20(7-10-27-23)25(17,19)14-18(26)21(16)22;1-15(24)18-6-7-19-17-5-4-16-14-23(25-12-13-26-23)11-10-21(16,2)20(17)8-9-22(18,19)3;1-3-6(2)7-4-5-8-6;/h15-21,26H,3-14H2,1-2H3;15-20,24H,4-14H2,1-3H3;3-5H2,1-2H3;1H4. The van der Waals surface area contributed by atoms with Crippen LogP contribution in [0.4, 0.5) is 0 Å². The molecule has 4 heterocycles. The molecule has 2 N–H and O–H groups in total. The molecule has 4 aliphatic heterocycles. The van der Waals surface area contributed by atoms with Crippen molar-refractivity contribution in [3.05, 3.63) is 0 Å². The van der Waals surface area contributed by atoms with Crippen LogP contribution in [0.3, 0.4) is 0 Å². The number of aliphatic hydroxyl groups is 2. The van der Waals surface area contributed by atoms with Gasteiger partial charge in [-0.2, -0.15) is 0 Å². The quantitative estimate of drug-likeness (QED) is 0.280. The minimum Gasteiger partial charge on any atom is -0.393 e. The first kappa shape index (κ1) is 47.3. The maximum absolute atomic E-state index is 11.7. The second kappa shape index (κ2) is 16.6. The Labute approximate surface area is 388 Å². The third-order valence-corrected chi connectivity index (χ3v) is 23.5. The SMILES string of the molecule is C.CC(O)C1CCC2C3CCC4CC5(CCC4(C)C3CCC12C)OCCO5.CC12CCC3(CC1CCC1C2C(O)CC24C1CCC2C1(C)OCCC14)OCCO3.CCC1(C)OCCO1. The molecule has 0 aromatic heterocycles. The zero-order valence-corrected chi connectivity index (χ0v) is 40.6. The summed E-state index contributed by atoms with van der Waals surface area (Å²) in [5.41, 5.74) is 1.63. The van der Waals surface area contributed by atoms with Gasteiger partial charge in [0.05, 0.1) is 57.5 Å².